The highest BCUT2D eigenvalue weighted by Crippen LogP contribution is 2.26. The van der Waals surface area contributed by atoms with Crippen LogP contribution in [-0.2, 0) is 10.0 Å². The molecule has 0 aliphatic rings. The summed E-state index contributed by atoms with van der Waals surface area (Å²) in [6.07, 6.45) is 2.37. The number of pyridine rings is 1. The van der Waals surface area contributed by atoms with Gasteiger partial charge in [0.15, 0.2) is 18.2 Å². The van der Waals surface area contributed by atoms with Crippen molar-refractivity contribution in [2.45, 2.75) is 18.7 Å². The van der Waals surface area contributed by atoms with Crippen LogP contribution in [0, 0.1) is 5.21 Å². The van der Waals surface area contributed by atoms with Gasteiger partial charge in [-0.15, -0.1) is 0 Å². The van der Waals surface area contributed by atoms with E-state index in [-0.39, 0.29) is 26.7 Å². The van der Waals surface area contributed by atoms with Crippen LogP contribution in [0.25, 0.3) is 0 Å². The molecule has 8 heteroatoms. The Morgan fingerprint density at radius 1 is 1.00 bits per heavy atom. The molecule has 146 valence electrons. The van der Waals surface area contributed by atoms with E-state index in [1.54, 1.807) is 18.2 Å². The molecule has 0 fully saturated rings. The van der Waals surface area contributed by atoms with Crippen molar-refractivity contribution in [3.63, 3.8) is 0 Å². The van der Waals surface area contributed by atoms with E-state index < -0.39 is 15.8 Å². The Morgan fingerprint density at radius 3 is 2.21 bits per heavy atom. The summed E-state index contributed by atoms with van der Waals surface area (Å²) < 4.78 is 28.1. The molecule has 1 N–H and O–H groups in total. The Morgan fingerprint density at radius 2 is 1.61 bits per heavy atom. The molecule has 0 radical (unpaired) electrons. The third kappa shape index (κ3) is 5.09. The van der Waals surface area contributed by atoms with Crippen LogP contribution in [0.1, 0.15) is 29.8 Å². The Hall–Kier alpha value is -2.90. The summed E-state index contributed by atoms with van der Waals surface area (Å²) in [5.74, 6) is -0.459. The van der Waals surface area contributed by atoms with Gasteiger partial charge in [0.25, 0.3) is 10.0 Å². The number of halogens is 1. The van der Waals surface area contributed by atoms with Crippen LogP contribution < -0.4 is 9.45 Å². The second-order valence-electron chi connectivity index (χ2n) is 5.38. The molecule has 3 rings (SSSR count). The molecule has 0 bridgehead atoms. The monoisotopic (exact) mass is 418 g/mol. The van der Waals surface area contributed by atoms with Gasteiger partial charge in [0.2, 0.25) is 0 Å². The van der Waals surface area contributed by atoms with Crippen LogP contribution in [0.5, 0.6) is 0 Å². The minimum absolute atomic E-state index is 0.0699. The van der Waals surface area contributed by atoms with Gasteiger partial charge in [-0.3, -0.25) is 9.52 Å². The van der Waals surface area contributed by atoms with Gasteiger partial charge in [0.05, 0.1) is 10.6 Å². The molecule has 0 amide bonds. The van der Waals surface area contributed by atoms with Crippen LogP contribution >= 0.6 is 11.6 Å². The summed E-state index contributed by atoms with van der Waals surface area (Å²) in [5, 5.41) is 11.4. The minimum atomic E-state index is -3.87. The number of hydrogen-bond acceptors (Lipinski definition) is 4. The second-order valence-corrected chi connectivity index (χ2v) is 7.50. The molecule has 0 saturated heterocycles. The fourth-order valence-corrected chi connectivity index (χ4v) is 3.59. The second kappa shape index (κ2) is 9.34. The molecule has 1 heterocycles. The summed E-state index contributed by atoms with van der Waals surface area (Å²) in [6.45, 7) is 4.00. The van der Waals surface area contributed by atoms with Crippen LogP contribution in [0.15, 0.2) is 78.0 Å². The highest BCUT2D eigenvalue weighted by Gasteiger charge is 2.20. The first-order valence-electron chi connectivity index (χ1n) is 8.48. The van der Waals surface area contributed by atoms with Gasteiger partial charge >= 0.3 is 0 Å². The number of carbonyl (C=O) groups excluding carboxylic acids is 1. The van der Waals surface area contributed by atoms with Crippen LogP contribution in [0.3, 0.4) is 0 Å². The van der Waals surface area contributed by atoms with Crippen molar-refractivity contribution in [1.29, 1.82) is 0 Å². The highest BCUT2D eigenvalue weighted by atomic mass is 35.5. The zero-order chi connectivity index (χ0) is 20.7. The molecular weight excluding hydrogens is 400 g/mol. The van der Waals surface area contributed by atoms with E-state index in [0.717, 1.165) is 0 Å². The van der Waals surface area contributed by atoms with E-state index in [4.69, 9.17) is 11.6 Å². The third-order valence-electron chi connectivity index (χ3n) is 3.59. The number of carbonyl (C=O) groups is 1. The summed E-state index contributed by atoms with van der Waals surface area (Å²) in [7, 11) is -3.87. The maximum atomic E-state index is 12.7. The zero-order valence-electron chi connectivity index (χ0n) is 15.3. The molecule has 3 aromatic rings. The Labute approximate surface area is 169 Å². The lowest BCUT2D eigenvalue weighted by molar-refractivity contribution is -0.605. The van der Waals surface area contributed by atoms with E-state index in [9.17, 15) is 18.4 Å². The van der Waals surface area contributed by atoms with Gasteiger partial charge in [0, 0.05) is 28.3 Å². The summed E-state index contributed by atoms with van der Waals surface area (Å²) >= 11 is 5.98. The number of ketones is 1. The topological polar surface area (TPSA) is 90.2 Å². The van der Waals surface area contributed by atoms with E-state index in [2.05, 4.69) is 4.72 Å². The molecule has 0 spiro atoms. The van der Waals surface area contributed by atoms with Gasteiger partial charge in [-0.2, -0.15) is 4.73 Å². The molecule has 28 heavy (non-hydrogen) atoms. The van der Waals surface area contributed by atoms with E-state index in [1.807, 2.05) is 13.8 Å². The molecule has 0 saturated carbocycles. The fraction of sp³-hybridized carbons (Fsp3) is 0.100. The summed E-state index contributed by atoms with van der Waals surface area (Å²) in [4.78, 5) is 12.8. The van der Waals surface area contributed by atoms with Gasteiger partial charge in [-0.25, -0.2) is 8.42 Å². The first-order valence-corrected chi connectivity index (χ1v) is 10.3. The van der Waals surface area contributed by atoms with Crippen molar-refractivity contribution < 1.29 is 17.9 Å². The smallest absolute Gasteiger partial charge is 0.261 e. The Bertz CT molecular complexity index is 1050. The number of rotatable bonds is 5. The maximum absolute atomic E-state index is 12.7. The third-order valence-corrected chi connectivity index (χ3v) is 5.20. The predicted octanol–water partition coefficient (Wildman–Crippen LogP) is 4.03. The Kier molecular flexibility index (Phi) is 7.14. The van der Waals surface area contributed by atoms with Crippen molar-refractivity contribution >= 4 is 33.1 Å². The quantitative estimate of drug-likeness (QED) is 0.384. The van der Waals surface area contributed by atoms with E-state index in [0.29, 0.717) is 4.73 Å². The van der Waals surface area contributed by atoms with E-state index >= 15 is 0 Å². The largest absolute Gasteiger partial charge is 0.619 e. The van der Waals surface area contributed by atoms with E-state index in [1.165, 1.54) is 54.9 Å². The van der Waals surface area contributed by atoms with Crippen LogP contribution in [0.2, 0.25) is 5.02 Å². The van der Waals surface area contributed by atoms with Gasteiger partial charge in [-0.1, -0.05) is 43.6 Å². The summed E-state index contributed by atoms with van der Waals surface area (Å²) in [5.41, 5.74) is 0.419. The fourth-order valence-electron chi connectivity index (χ4n) is 2.32. The van der Waals surface area contributed by atoms with Gasteiger partial charge in [-0.05, 0) is 30.3 Å². The van der Waals surface area contributed by atoms with Crippen molar-refractivity contribution in [1.82, 2.24) is 0 Å². The zero-order valence-corrected chi connectivity index (χ0v) is 16.9. The van der Waals surface area contributed by atoms with Gasteiger partial charge < -0.3 is 5.21 Å². The number of nitrogens with zero attached hydrogens (tertiary/aromatic N) is 1. The number of benzene rings is 2. The predicted molar refractivity (Wildman–Crippen MR) is 109 cm³/mol. The van der Waals surface area contributed by atoms with Crippen molar-refractivity contribution in [2.75, 3.05) is 4.72 Å². The maximum Gasteiger partial charge on any atom is 0.261 e. The van der Waals surface area contributed by atoms with Gasteiger partial charge in [0.1, 0.15) is 0 Å². The molecule has 6 nitrogen and oxygen atoms in total. The molecule has 0 aliphatic heterocycles. The molecular formula is C20H19ClN2O4S. The number of sulfonamides is 1. The molecule has 0 aliphatic carbocycles. The molecule has 0 unspecified atom stereocenters. The lowest BCUT2D eigenvalue weighted by atomic mass is 10.0. The summed E-state index contributed by atoms with van der Waals surface area (Å²) in [6, 6.07) is 14.8. The highest BCUT2D eigenvalue weighted by molar-refractivity contribution is 7.92. The first kappa shape index (κ1) is 21.4. The normalized spacial score (nSPS) is 10.5. The van der Waals surface area contributed by atoms with Crippen molar-refractivity contribution in [2.24, 2.45) is 0 Å². The standard InChI is InChI=1S/C18H13ClN2O4S.C2H6/c19-14-6-7-17(20-26(24,25)15-4-2-1-3-5-15)16(12-14)18(22)13-8-10-21(23)11-9-13;1-2/h1-12,20H;1-2H3. The minimum Gasteiger partial charge on any atom is -0.619 e. The lowest BCUT2D eigenvalue weighted by Crippen LogP contribution is -2.24. The first-order chi connectivity index (χ1) is 13.4. The van der Waals surface area contributed by atoms with Crippen LogP contribution in [0.4, 0.5) is 5.69 Å². The average molecular weight is 419 g/mol. The SMILES string of the molecule is CC.O=C(c1cc[n+]([O-])cc1)c1cc(Cl)ccc1NS(=O)(=O)c1ccccc1. The number of aromatic nitrogens is 1. The number of nitrogens with one attached hydrogen (secondary N) is 1. The number of anilines is 1. The van der Waals surface area contributed by atoms with Crippen LogP contribution in [-0.4, -0.2) is 14.2 Å². The van der Waals surface area contributed by atoms with Crippen molar-refractivity contribution in [3.8, 4) is 0 Å². The van der Waals surface area contributed by atoms with Crippen molar-refractivity contribution in [3.05, 3.63) is 94.4 Å². The average Bonchev–Trinajstić information content (AvgIpc) is 2.71. The lowest BCUT2D eigenvalue weighted by Gasteiger charge is -2.12. The molecule has 0 atom stereocenters. The molecule has 2 aromatic carbocycles. The number of hydrogen-bond donors (Lipinski definition) is 1. The Balaban J connectivity index is 0.00000136. The molecule has 1 aromatic heterocycles.